The van der Waals surface area contributed by atoms with Crippen LogP contribution >= 0.6 is 0 Å². The molecule has 0 fully saturated rings. The zero-order valence-corrected chi connectivity index (χ0v) is 20.4. The highest BCUT2D eigenvalue weighted by atomic mass is 15.1. The minimum atomic E-state index is -0.159. The van der Waals surface area contributed by atoms with Gasteiger partial charge in [0.15, 0.2) is 6.20 Å². The number of aryl methyl sites for hydroxylation is 1. The van der Waals surface area contributed by atoms with E-state index in [2.05, 4.69) is 107 Å². The minimum absolute atomic E-state index is 0.0683. The van der Waals surface area contributed by atoms with E-state index in [9.17, 15) is 0 Å². The average Bonchev–Trinajstić information content (AvgIpc) is 3.03. The van der Waals surface area contributed by atoms with Crippen LogP contribution < -0.4 is 4.57 Å². The lowest BCUT2D eigenvalue weighted by atomic mass is 9.66. The molecule has 0 N–H and O–H groups in total. The standard InChI is InChI=1S/C32H30N/c1-18-13-23-11-12-33-30-27(23)25(14-18)31(5,6)29-24-10-8-7-9-22(24)15-26(28(29)30)32(33)16-19(2)21(4)20(3)17-32/h7-16H,17H2,1-6H3/q+1. The number of fused-ring (bicyclic) bond motifs is 4. The Balaban J connectivity index is 1.77. The van der Waals surface area contributed by atoms with Gasteiger partial charge in [0.05, 0.1) is 10.9 Å². The van der Waals surface area contributed by atoms with Crippen LogP contribution in [0.4, 0.5) is 0 Å². The van der Waals surface area contributed by atoms with Gasteiger partial charge in [-0.25, -0.2) is 0 Å². The van der Waals surface area contributed by atoms with Crippen molar-refractivity contribution in [3.63, 3.8) is 0 Å². The summed E-state index contributed by atoms with van der Waals surface area (Å²) < 4.78 is 2.62. The molecule has 1 aliphatic heterocycles. The van der Waals surface area contributed by atoms with Crippen LogP contribution in [-0.4, -0.2) is 0 Å². The molecule has 1 spiro atoms. The maximum absolute atomic E-state index is 2.62. The van der Waals surface area contributed by atoms with E-state index in [-0.39, 0.29) is 11.0 Å². The smallest absolute Gasteiger partial charge is 0.184 e. The third-order valence-corrected chi connectivity index (χ3v) is 8.90. The van der Waals surface area contributed by atoms with Gasteiger partial charge in [-0.15, -0.1) is 0 Å². The second kappa shape index (κ2) is 5.83. The molecule has 1 nitrogen and oxygen atoms in total. The quantitative estimate of drug-likeness (QED) is 0.253. The summed E-state index contributed by atoms with van der Waals surface area (Å²) in [4.78, 5) is 0. The fourth-order valence-corrected chi connectivity index (χ4v) is 7.20. The van der Waals surface area contributed by atoms with Crippen LogP contribution in [0, 0.1) is 6.92 Å². The maximum Gasteiger partial charge on any atom is 0.222 e. The summed E-state index contributed by atoms with van der Waals surface area (Å²) in [6.45, 7) is 14.0. The van der Waals surface area contributed by atoms with E-state index in [1.807, 2.05) is 0 Å². The van der Waals surface area contributed by atoms with E-state index in [0.29, 0.717) is 0 Å². The van der Waals surface area contributed by atoms with Crippen molar-refractivity contribution in [3.05, 3.63) is 99.8 Å². The predicted molar refractivity (Wildman–Crippen MR) is 138 cm³/mol. The van der Waals surface area contributed by atoms with Crippen LogP contribution in [0.1, 0.15) is 63.3 Å². The van der Waals surface area contributed by atoms with E-state index in [4.69, 9.17) is 0 Å². The summed E-state index contributed by atoms with van der Waals surface area (Å²) in [5.41, 5.74) is 12.8. The summed E-state index contributed by atoms with van der Waals surface area (Å²) in [6.07, 6.45) is 5.96. The molecule has 7 rings (SSSR count). The third-order valence-electron chi connectivity index (χ3n) is 8.90. The normalized spacial score (nSPS) is 21.9. The van der Waals surface area contributed by atoms with Gasteiger partial charge in [0.2, 0.25) is 11.2 Å². The summed E-state index contributed by atoms with van der Waals surface area (Å²) in [6, 6.07) is 18.7. The molecule has 2 heterocycles. The molecular weight excluding hydrogens is 398 g/mol. The van der Waals surface area contributed by atoms with Gasteiger partial charge in [-0.1, -0.05) is 61.4 Å². The number of hydrogen-bond donors (Lipinski definition) is 0. The number of benzene rings is 3. The zero-order valence-electron chi connectivity index (χ0n) is 20.4. The lowest BCUT2D eigenvalue weighted by Gasteiger charge is -2.34. The third kappa shape index (κ3) is 2.12. The molecule has 3 aromatic carbocycles. The number of nitrogens with zero attached hydrogens (tertiary/aromatic N) is 1. The molecular formula is C32H30N+. The van der Waals surface area contributed by atoms with Crippen molar-refractivity contribution in [1.82, 2.24) is 0 Å². The topological polar surface area (TPSA) is 3.88 Å². The molecule has 162 valence electrons. The van der Waals surface area contributed by atoms with E-state index in [0.717, 1.165) is 6.42 Å². The Bertz CT molecular complexity index is 1640. The first kappa shape index (κ1) is 19.3. The largest absolute Gasteiger partial charge is 0.222 e. The van der Waals surface area contributed by atoms with Crippen molar-refractivity contribution in [1.29, 1.82) is 0 Å². The second-order valence-electron chi connectivity index (χ2n) is 11.2. The first-order valence-electron chi connectivity index (χ1n) is 12.2. The summed E-state index contributed by atoms with van der Waals surface area (Å²) in [7, 11) is 0. The van der Waals surface area contributed by atoms with Gasteiger partial charge in [-0.2, -0.15) is 4.57 Å². The Labute approximate surface area is 196 Å². The summed E-state index contributed by atoms with van der Waals surface area (Å²) in [5.74, 6) is 0. The minimum Gasteiger partial charge on any atom is -0.184 e. The van der Waals surface area contributed by atoms with Crippen molar-refractivity contribution in [3.8, 4) is 11.3 Å². The first-order valence-corrected chi connectivity index (χ1v) is 12.2. The number of aromatic nitrogens is 1. The van der Waals surface area contributed by atoms with Crippen LogP contribution in [0.5, 0.6) is 0 Å². The van der Waals surface area contributed by atoms with Crippen molar-refractivity contribution in [2.75, 3.05) is 0 Å². The van der Waals surface area contributed by atoms with Crippen molar-refractivity contribution < 1.29 is 4.57 Å². The Morgan fingerprint density at radius 2 is 1.64 bits per heavy atom. The molecule has 2 aliphatic carbocycles. The maximum atomic E-state index is 2.62. The van der Waals surface area contributed by atoms with Gasteiger partial charge in [-0.3, -0.25) is 0 Å². The molecule has 4 aromatic rings. The lowest BCUT2D eigenvalue weighted by Crippen LogP contribution is -2.54. The summed E-state index contributed by atoms with van der Waals surface area (Å²) >= 11 is 0. The van der Waals surface area contributed by atoms with Gasteiger partial charge in [0.1, 0.15) is 0 Å². The molecule has 0 radical (unpaired) electrons. The number of rotatable bonds is 0. The number of hydrogen-bond acceptors (Lipinski definition) is 0. The van der Waals surface area contributed by atoms with Gasteiger partial charge in [0, 0.05) is 23.5 Å². The first-order chi connectivity index (χ1) is 15.7. The predicted octanol–water partition coefficient (Wildman–Crippen LogP) is 7.64. The Kier molecular flexibility index (Phi) is 3.41. The molecule has 33 heavy (non-hydrogen) atoms. The molecule has 3 aliphatic rings. The summed E-state index contributed by atoms with van der Waals surface area (Å²) in [5, 5.41) is 5.57. The number of allylic oxidation sites excluding steroid dienone is 4. The highest BCUT2D eigenvalue weighted by Crippen LogP contribution is 2.57. The van der Waals surface area contributed by atoms with E-state index in [1.54, 1.807) is 0 Å². The fourth-order valence-electron chi connectivity index (χ4n) is 7.20. The average molecular weight is 429 g/mol. The van der Waals surface area contributed by atoms with Crippen LogP contribution in [0.2, 0.25) is 0 Å². The van der Waals surface area contributed by atoms with Gasteiger partial charge < -0.3 is 0 Å². The van der Waals surface area contributed by atoms with Crippen LogP contribution in [0.3, 0.4) is 0 Å². The highest BCUT2D eigenvalue weighted by molar-refractivity contribution is 6.07. The van der Waals surface area contributed by atoms with Gasteiger partial charge in [0.25, 0.3) is 0 Å². The van der Waals surface area contributed by atoms with Crippen LogP contribution in [0.15, 0.2) is 77.5 Å². The molecule has 0 amide bonds. The molecule has 0 bridgehead atoms. The van der Waals surface area contributed by atoms with Crippen molar-refractivity contribution in [2.24, 2.45) is 0 Å². The van der Waals surface area contributed by atoms with Crippen LogP contribution in [0.25, 0.3) is 32.8 Å². The van der Waals surface area contributed by atoms with Gasteiger partial charge in [-0.05, 0) is 78.3 Å². The van der Waals surface area contributed by atoms with Crippen molar-refractivity contribution in [2.45, 2.75) is 58.9 Å². The Hall–Kier alpha value is -3.19. The molecule has 1 unspecified atom stereocenters. The van der Waals surface area contributed by atoms with Gasteiger partial charge >= 0.3 is 0 Å². The van der Waals surface area contributed by atoms with E-state index < -0.39 is 0 Å². The molecule has 0 saturated heterocycles. The van der Waals surface area contributed by atoms with E-state index in [1.165, 1.54) is 71.8 Å². The Morgan fingerprint density at radius 1 is 0.848 bits per heavy atom. The SMILES string of the molecule is CC1=CC2(CC(C)=C1C)c1cc3ccccc3c3c1-c1c4c(cc(C)cc4cc[n+]12)C3(C)C. The molecule has 1 atom stereocenters. The monoisotopic (exact) mass is 428 g/mol. The molecule has 1 aromatic heterocycles. The Morgan fingerprint density at radius 3 is 2.42 bits per heavy atom. The second-order valence-corrected chi connectivity index (χ2v) is 11.2. The van der Waals surface area contributed by atoms with Crippen LogP contribution in [-0.2, 0) is 11.0 Å². The van der Waals surface area contributed by atoms with Crippen molar-refractivity contribution >= 4 is 21.5 Å². The van der Waals surface area contributed by atoms with E-state index >= 15 is 0 Å². The lowest BCUT2D eigenvalue weighted by molar-refractivity contribution is -0.726. The number of pyridine rings is 1. The zero-order chi connectivity index (χ0) is 22.9. The highest BCUT2D eigenvalue weighted by Gasteiger charge is 2.56. The molecule has 0 saturated carbocycles. The fraction of sp³-hybridized carbons (Fsp3) is 0.281. The molecule has 1 heteroatoms.